The average Bonchev–Trinajstić information content (AvgIpc) is 2.93. The Labute approximate surface area is 127 Å². The van der Waals surface area contributed by atoms with Gasteiger partial charge in [-0.1, -0.05) is 20.8 Å². The second kappa shape index (κ2) is 6.54. The molecular weight excluding hydrogens is 268 g/mol. The molecule has 0 fully saturated rings. The minimum absolute atomic E-state index is 0.108. The summed E-state index contributed by atoms with van der Waals surface area (Å²) in [6.07, 6.45) is 0. The second-order valence-corrected chi connectivity index (χ2v) is 6.20. The SMILES string of the molecule is CCN(Cc1cc(OC)c2c(c1)OCO2)CC(C)(C)CN. The van der Waals surface area contributed by atoms with E-state index in [0.29, 0.717) is 12.3 Å². The first-order valence-electron chi connectivity index (χ1n) is 7.38. The molecule has 0 aliphatic carbocycles. The van der Waals surface area contributed by atoms with Crippen molar-refractivity contribution in [3.8, 4) is 17.2 Å². The Hall–Kier alpha value is -1.46. The maximum Gasteiger partial charge on any atom is 0.231 e. The van der Waals surface area contributed by atoms with Gasteiger partial charge in [0.15, 0.2) is 11.5 Å². The largest absolute Gasteiger partial charge is 0.493 e. The maximum atomic E-state index is 5.84. The number of rotatable bonds is 7. The second-order valence-electron chi connectivity index (χ2n) is 6.20. The lowest BCUT2D eigenvalue weighted by Crippen LogP contribution is -2.38. The molecule has 1 aliphatic heterocycles. The molecule has 1 aliphatic rings. The Morgan fingerprint density at radius 2 is 2.10 bits per heavy atom. The highest BCUT2D eigenvalue weighted by molar-refractivity contribution is 5.55. The van der Waals surface area contributed by atoms with Crippen molar-refractivity contribution in [1.29, 1.82) is 0 Å². The predicted molar refractivity (Wildman–Crippen MR) is 82.9 cm³/mol. The van der Waals surface area contributed by atoms with Gasteiger partial charge in [-0.2, -0.15) is 0 Å². The van der Waals surface area contributed by atoms with Crippen LogP contribution in [0, 0.1) is 5.41 Å². The molecule has 5 nitrogen and oxygen atoms in total. The summed E-state index contributed by atoms with van der Waals surface area (Å²) in [5.74, 6) is 2.19. The molecule has 5 heteroatoms. The van der Waals surface area contributed by atoms with Gasteiger partial charge < -0.3 is 19.9 Å². The molecule has 0 unspecified atom stereocenters. The topological polar surface area (TPSA) is 57.0 Å². The molecule has 1 aromatic carbocycles. The molecule has 2 N–H and O–H groups in total. The zero-order valence-corrected chi connectivity index (χ0v) is 13.4. The van der Waals surface area contributed by atoms with Gasteiger partial charge in [-0.25, -0.2) is 0 Å². The highest BCUT2D eigenvalue weighted by atomic mass is 16.7. The normalized spacial score (nSPS) is 13.8. The van der Waals surface area contributed by atoms with Crippen LogP contribution in [0.4, 0.5) is 0 Å². The van der Waals surface area contributed by atoms with Gasteiger partial charge in [0, 0.05) is 13.1 Å². The number of benzene rings is 1. The van der Waals surface area contributed by atoms with Crippen LogP contribution < -0.4 is 19.9 Å². The Morgan fingerprint density at radius 3 is 2.71 bits per heavy atom. The zero-order chi connectivity index (χ0) is 15.5. The van der Waals surface area contributed by atoms with Gasteiger partial charge in [0.05, 0.1) is 7.11 Å². The van der Waals surface area contributed by atoms with Gasteiger partial charge in [-0.3, -0.25) is 4.90 Å². The molecule has 0 radical (unpaired) electrons. The molecule has 0 atom stereocenters. The molecule has 21 heavy (non-hydrogen) atoms. The van der Waals surface area contributed by atoms with Crippen molar-refractivity contribution in [2.24, 2.45) is 11.1 Å². The van der Waals surface area contributed by atoms with E-state index in [1.54, 1.807) is 7.11 Å². The van der Waals surface area contributed by atoms with E-state index in [1.165, 1.54) is 0 Å². The predicted octanol–water partition coefficient (Wildman–Crippen LogP) is 2.23. The molecule has 0 saturated carbocycles. The summed E-state index contributed by atoms with van der Waals surface area (Å²) in [5.41, 5.74) is 7.10. The Balaban J connectivity index is 2.14. The van der Waals surface area contributed by atoms with Crippen molar-refractivity contribution in [3.05, 3.63) is 17.7 Å². The number of fused-ring (bicyclic) bond motifs is 1. The van der Waals surface area contributed by atoms with E-state index in [-0.39, 0.29) is 12.2 Å². The van der Waals surface area contributed by atoms with E-state index in [0.717, 1.165) is 36.7 Å². The number of nitrogens with two attached hydrogens (primary N) is 1. The van der Waals surface area contributed by atoms with Crippen LogP contribution >= 0.6 is 0 Å². The summed E-state index contributed by atoms with van der Waals surface area (Å²) < 4.78 is 16.3. The molecule has 0 saturated heterocycles. The summed E-state index contributed by atoms with van der Waals surface area (Å²) in [6, 6.07) is 4.05. The van der Waals surface area contributed by atoms with Crippen molar-refractivity contribution in [2.75, 3.05) is 33.5 Å². The van der Waals surface area contributed by atoms with Crippen LogP contribution in [0.1, 0.15) is 26.3 Å². The molecule has 0 amide bonds. The first-order valence-corrected chi connectivity index (χ1v) is 7.38. The summed E-state index contributed by atoms with van der Waals surface area (Å²) in [5, 5.41) is 0. The smallest absolute Gasteiger partial charge is 0.231 e. The maximum absolute atomic E-state index is 5.84. The van der Waals surface area contributed by atoms with E-state index in [1.807, 2.05) is 12.1 Å². The third kappa shape index (κ3) is 3.80. The average molecular weight is 294 g/mol. The fourth-order valence-corrected chi connectivity index (χ4v) is 2.48. The number of methoxy groups -OCH3 is 1. The summed E-state index contributed by atoms with van der Waals surface area (Å²) in [7, 11) is 1.65. The fraction of sp³-hybridized carbons (Fsp3) is 0.625. The monoisotopic (exact) mass is 294 g/mol. The van der Waals surface area contributed by atoms with E-state index < -0.39 is 0 Å². The molecule has 0 aromatic heterocycles. The zero-order valence-electron chi connectivity index (χ0n) is 13.4. The molecule has 1 aromatic rings. The number of nitrogens with zero attached hydrogens (tertiary/aromatic N) is 1. The van der Waals surface area contributed by atoms with Crippen LogP contribution in [-0.4, -0.2) is 38.4 Å². The Bertz CT molecular complexity index is 489. The van der Waals surface area contributed by atoms with E-state index in [9.17, 15) is 0 Å². The van der Waals surface area contributed by atoms with Crippen molar-refractivity contribution in [1.82, 2.24) is 4.90 Å². The van der Waals surface area contributed by atoms with Crippen LogP contribution in [0.25, 0.3) is 0 Å². The number of ether oxygens (including phenoxy) is 3. The Kier molecular flexibility index (Phi) is 4.96. The lowest BCUT2D eigenvalue weighted by Gasteiger charge is -2.31. The van der Waals surface area contributed by atoms with E-state index in [4.69, 9.17) is 19.9 Å². The van der Waals surface area contributed by atoms with Gasteiger partial charge in [-0.15, -0.1) is 0 Å². The van der Waals surface area contributed by atoms with Crippen molar-refractivity contribution in [2.45, 2.75) is 27.3 Å². The van der Waals surface area contributed by atoms with Crippen LogP contribution in [0.5, 0.6) is 17.2 Å². The molecule has 0 spiro atoms. The third-order valence-electron chi connectivity index (χ3n) is 3.78. The minimum Gasteiger partial charge on any atom is -0.493 e. The molecule has 118 valence electrons. The fourth-order valence-electron chi connectivity index (χ4n) is 2.48. The number of hydrogen-bond acceptors (Lipinski definition) is 5. The van der Waals surface area contributed by atoms with Crippen LogP contribution in [0.2, 0.25) is 0 Å². The van der Waals surface area contributed by atoms with E-state index in [2.05, 4.69) is 25.7 Å². The summed E-state index contributed by atoms with van der Waals surface area (Å²) in [4.78, 5) is 2.38. The summed E-state index contributed by atoms with van der Waals surface area (Å²) >= 11 is 0. The number of hydrogen-bond donors (Lipinski definition) is 1. The molecule has 1 heterocycles. The van der Waals surface area contributed by atoms with Gasteiger partial charge in [0.25, 0.3) is 0 Å². The van der Waals surface area contributed by atoms with Gasteiger partial charge in [-0.05, 0) is 36.2 Å². The van der Waals surface area contributed by atoms with Crippen molar-refractivity contribution >= 4 is 0 Å². The van der Waals surface area contributed by atoms with Crippen LogP contribution in [-0.2, 0) is 6.54 Å². The molecule has 0 bridgehead atoms. The minimum atomic E-state index is 0.108. The van der Waals surface area contributed by atoms with Crippen LogP contribution in [0.15, 0.2) is 12.1 Å². The first kappa shape index (κ1) is 15.9. The van der Waals surface area contributed by atoms with Gasteiger partial charge in [0.1, 0.15) is 0 Å². The van der Waals surface area contributed by atoms with Gasteiger partial charge >= 0.3 is 0 Å². The quantitative estimate of drug-likeness (QED) is 0.835. The van der Waals surface area contributed by atoms with Crippen LogP contribution in [0.3, 0.4) is 0 Å². The third-order valence-corrected chi connectivity index (χ3v) is 3.78. The highest BCUT2D eigenvalue weighted by Crippen LogP contribution is 2.42. The lowest BCUT2D eigenvalue weighted by atomic mass is 9.93. The standard InChI is InChI=1S/C16H26N2O3/c1-5-18(10-16(2,3)9-17)8-12-6-13(19-4)15-14(7-12)20-11-21-15/h6-7H,5,8-11,17H2,1-4H3. The van der Waals surface area contributed by atoms with Gasteiger partial charge in [0.2, 0.25) is 12.5 Å². The van der Waals surface area contributed by atoms with Crippen molar-refractivity contribution < 1.29 is 14.2 Å². The Morgan fingerprint density at radius 1 is 1.33 bits per heavy atom. The highest BCUT2D eigenvalue weighted by Gasteiger charge is 2.23. The summed E-state index contributed by atoms with van der Waals surface area (Å²) in [6.45, 7) is 10.2. The first-order chi connectivity index (χ1) is 9.99. The lowest BCUT2D eigenvalue weighted by molar-refractivity contribution is 0.171. The molecule has 2 rings (SSSR count). The van der Waals surface area contributed by atoms with Crippen molar-refractivity contribution in [3.63, 3.8) is 0 Å². The molecular formula is C16H26N2O3. The van der Waals surface area contributed by atoms with E-state index >= 15 is 0 Å².